The average Bonchev–Trinajstić information content (AvgIpc) is 2.28. The Kier molecular flexibility index (Phi) is 4.03. The number of para-hydroxylation sites is 1. The number of likely N-dealkylation sites (N-methyl/N-ethyl adjacent to an activating group) is 1. The maximum absolute atomic E-state index is 11.2. The highest BCUT2D eigenvalue weighted by atomic mass is 16.6. The number of hydrogen-bond donors (Lipinski definition) is 0. The Bertz CT molecular complexity index is 445. The molecule has 0 saturated carbocycles. The van der Waals surface area contributed by atoms with Crippen molar-refractivity contribution in [1.82, 2.24) is 0 Å². The van der Waals surface area contributed by atoms with E-state index in [9.17, 15) is 14.9 Å². The van der Waals surface area contributed by atoms with Gasteiger partial charge in [-0.25, -0.2) is 0 Å². The van der Waals surface area contributed by atoms with E-state index < -0.39 is 10.9 Å². The van der Waals surface area contributed by atoms with Gasteiger partial charge in [0.1, 0.15) is 12.2 Å². The third-order valence-electron chi connectivity index (χ3n) is 2.39. The van der Waals surface area contributed by atoms with Crippen molar-refractivity contribution in [2.45, 2.75) is 6.92 Å². The van der Waals surface area contributed by atoms with Crippen LogP contribution in [0.1, 0.15) is 5.56 Å². The SMILES string of the molecule is COC(=O)CN(C)c1c(C)cccc1[N+](=O)[O-]. The van der Waals surface area contributed by atoms with Crippen LogP contribution >= 0.6 is 0 Å². The first-order valence-electron chi connectivity index (χ1n) is 4.99. The highest BCUT2D eigenvalue weighted by Crippen LogP contribution is 2.30. The van der Waals surface area contributed by atoms with E-state index in [2.05, 4.69) is 4.74 Å². The molecular formula is C11H14N2O4. The molecule has 0 aliphatic rings. The molecule has 1 aromatic carbocycles. The second kappa shape index (κ2) is 5.29. The van der Waals surface area contributed by atoms with E-state index >= 15 is 0 Å². The molecule has 6 heteroatoms. The van der Waals surface area contributed by atoms with Crippen LogP contribution in [0, 0.1) is 17.0 Å². The van der Waals surface area contributed by atoms with Crippen molar-refractivity contribution in [1.29, 1.82) is 0 Å². The van der Waals surface area contributed by atoms with Gasteiger partial charge in [0.05, 0.1) is 12.0 Å². The van der Waals surface area contributed by atoms with Gasteiger partial charge in [0, 0.05) is 13.1 Å². The first-order chi connectivity index (χ1) is 7.97. The number of ether oxygens (including phenoxy) is 1. The van der Waals surface area contributed by atoms with E-state index in [1.165, 1.54) is 18.1 Å². The summed E-state index contributed by atoms with van der Waals surface area (Å²) in [6.45, 7) is 1.73. The zero-order valence-corrected chi connectivity index (χ0v) is 9.97. The van der Waals surface area contributed by atoms with E-state index in [1.54, 1.807) is 26.1 Å². The molecule has 0 bridgehead atoms. The number of benzene rings is 1. The minimum atomic E-state index is -0.462. The summed E-state index contributed by atoms with van der Waals surface area (Å²) in [5.41, 5.74) is 1.16. The number of methoxy groups -OCH3 is 1. The lowest BCUT2D eigenvalue weighted by atomic mass is 10.1. The van der Waals surface area contributed by atoms with Gasteiger partial charge < -0.3 is 9.64 Å². The van der Waals surface area contributed by atoms with E-state index in [1.807, 2.05) is 0 Å². The molecule has 0 fully saturated rings. The molecule has 0 aromatic heterocycles. The summed E-state index contributed by atoms with van der Waals surface area (Å²) >= 11 is 0. The van der Waals surface area contributed by atoms with E-state index in [0.717, 1.165) is 5.56 Å². The molecule has 17 heavy (non-hydrogen) atoms. The zero-order valence-electron chi connectivity index (χ0n) is 9.97. The van der Waals surface area contributed by atoms with Crippen LogP contribution in [0.25, 0.3) is 0 Å². The molecule has 1 rings (SSSR count). The van der Waals surface area contributed by atoms with Crippen LogP contribution in [-0.2, 0) is 9.53 Å². The van der Waals surface area contributed by atoms with Gasteiger partial charge in [0.25, 0.3) is 5.69 Å². The van der Waals surface area contributed by atoms with Crippen LogP contribution in [0.4, 0.5) is 11.4 Å². The van der Waals surface area contributed by atoms with Gasteiger partial charge in [0.15, 0.2) is 0 Å². The number of nitro groups is 1. The predicted molar refractivity (Wildman–Crippen MR) is 63.1 cm³/mol. The van der Waals surface area contributed by atoms with Crippen molar-refractivity contribution in [3.8, 4) is 0 Å². The number of aryl methyl sites for hydroxylation is 1. The van der Waals surface area contributed by atoms with Gasteiger partial charge in [-0.15, -0.1) is 0 Å². The maximum atomic E-state index is 11.2. The number of anilines is 1. The normalized spacial score (nSPS) is 9.82. The zero-order chi connectivity index (χ0) is 13.0. The molecule has 6 nitrogen and oxygen atoms in total. The maximum Gasteiger partial charge on any atom is 0.325 e. The van der Waals surface area contributed by atoms with Crippen LogP contribution in [-0.4, -0.2) is 31.6 Å². The third-order valence-corrected chi connectivity index (χ3v) is 2.39. The van der Waals surface area contributed by atoms with Crippen molar-refractivity contribution < 1.29 is 14.5 Å². The second-order valence-electron chi connectivity index (χ2n) is 3.63. The van der Waals surface area contributed by atoms with Gasteiger partial charge in [-0.1, -0.05) is 12.1 Å². The Labute approximate surface area is 98.9 Å². The minimum absolute atomic E-state index is 0.0172. The van der Waals surface area contributed by atoms with Crippen molar-refractivity contribution in [2.24, 2.45) is 0 Å². The molecule has 0 saturated heterocycles. The third kappa shape index (κ3) is 2.93. The standard InChI is InChI=1S/C11H14N2O4/c1-8-5-4-6-9(13(15)16)11(8)12(2)7-10(14)17-3/h4-6H,7H2,1-3H3. The Balaban J connectivity index is 3.11. The second-order valence-corrected chi connectivity index (χ2v) is 3.63. The summed E-state index contributed by atoms with van der Waals surface area (Å²) in [5.74, 6) is -0.440. The van der Waals surface area contributed by atoms with Crippen molar-refractivity contribution in [3.63, 3.8) is 0 Å². The summed E-state index contributed by atoms with van der Waals surface area (Å²) in [6.07, 6.45) is 0. The lowest BCUT2D eigenvalue weighted by Gasteiger charge is -2.19. The summed E-state index contributed by atoms with van der Waals surface area (Å²) in [4.78, 5) is 23.1. The van der Waals surface area contributed by atoms with Crippen LogP contribution in [0.3, 0.4) is 0 Å². The largest absolute Gasteiger partial charge is 0.468 e. The number of nitro benzene ring substituents is 1. The smallest absolute Gasteiger partial charge is 0.325 e. The number of rotatable bonds is 4. The number of nitrogens with zero attached hydrogens (tertiary/aromatic N) is 2. The first kappa shape index (κ1) is 13.0. The topological polar surface area (TPSA) is 72.7 Å². The van der Waals surface area contributed by atoms with Crippen molar-refractivity contribution in [3.05, 3.63) is 33.9 Å². The number of carbonyl (C=O) groups excluding carboxylic acids is 1. The highest BCUT2D eigenvalue weighted by Gasteiger charge is 2.20. The van der Waals surface area contributed by atoms with Crippen molar-refractivity contribution >= 4 is 17.3 Å². The summed E-state index contributed by atoms with van der Waals surface area (Å²) < 4.78 is 4.53. The fourth-order valence-electron chi connectivity index (χ4n) is 1.62. The van der Waals surface area contributed by atoms with Gasteiger partial charge >= 0.3 is 5.97 Å². The molecule has 0 radical (unpaired) electrons. The van der Waals surface area contributed by atoms with E-state index in [-0.39, 0.29) is 12.2 Å². The molecule has 0 aliphatic carbocycles. The molecular weight excluding hydrogens is 224 g/mol. The summed E-state index contributed by atoms with van der Waals surface area (Å²) in [7, 11) is 2.90. The van der Waals surface area contributed by atoms with Crippen LogP contribution in [0.2, 0.25) is 0 Å². The van der Waals surface area contributed by atoms with Crippen LogP contribution < -0.4 is 4.90 Å². The molecule has 0 spiro atoms. The molecule has 0 N–H and O–H groups in total. The lowest BCUT2D eigenvalue weighted by molar-refractivity contribution is -0.384. The Morgan fingerprint density at radius 3 is 2.71 bits per heavy atom. The Hall–Kier alpha value is -2.11. The number of esters is 1. The molecule has 0 heterocycles. The van der Waals surface area contributed by atoms with Gasteiger partial charge in [-0.2, -0.15) is 0 Å². The van der Waals surface area contributed by atoms with Crippen LogP contribution in [0.5, 0.6) is 0 Å². The van der Waals surface area contributed by atoms with E-state index in [4.69, 9.17) is 0 Å². The highest BCUT2D eigenvalue weighted by molar-refractivity contribution is 5.78. The monoisotopic (exact) mass is 238 g/mol. The minimum Gasteiger partial charge on any atom is -0.468 e. The Morgan fingerprint density at radius 1 is 1.53 bits per heavy atom. The van der Waals surface area contributed by atoms with E-state index in [0.29, 0.717) is 5.69 Å². The Morgan fingerprint density at radius 2 is 2.18 bits per heavy atom. The molecule has 0 amide bonds. The lowest BCUT2D eigenvalue weighted by Crippen LogP contribution is -2.27. The number of carbonyl (C=O) groups is 1. The quantitative estimate of drug-likeness (QED) is 0.451. The summed E-state index contributed by atoms with van der Waals surface area (Å²) in [5, 5.41) is 10.9. The fraction of sp³-hybridized carbons (Fsp3) is 0.364. The summed E-state index contributed by atoms with van der Waals surface area (Å²) in [6, 6.07) is 4.79. The van der Waals surface area contributed by atoms with Crippen LogP contribution in [0.15, 0.2) is 18.2 Å². The van der Waals surface area contributed by atoms with Crippen molar-refractivity contribution in [2.75, 3.05) is 25.6 Å². The van der Waals surface area contributed by atoms with Gasteiger partial charge in [-0.3, -0.25) is 14.9 Å². The van der Waals surface area contributed by atoms with Gasteiger partial charge in [0.2, 0.25) is 0 Å². The molecule has 1 aromatic rings. The molecule has 0 aliphatic heterocycles. The molecule has 0 unspecified atom stereocenters. The molecule has 0 atom stereocenters. The van der Waals surface area contributed by atoms with Gasteiger partial charge in [-0.05, 0) is 12.5 Å². The molecule has 92 valence electrons. The average molecular weight is 238 g/mol. The number of hydrogen-bond acceptors (Lipinski definition) is 5. The predicted octanol–water partition coefficient (Wildman–Crippen LogP) is 1.51. The first-order valence-corrected chi connectivity index (χ1v) is 4.99. The fourth-order valence-corrected chi connectivity index (χ4v) is 1.62.